The summed E-state index contributed by atoms with van der Waals surface area (Å²) < 4.78 is 5.62. The normalized spacial score (nSPS) is 10.1. The van der Waals surface area contributed by atoms with Crippen LogP contribution in [0.3, 0.4) is 0 Å². The third kappa shape index (κ3) is 2.49. The maximum atomic E-state index is 5.64. The minimum absolute atomic E-state index is 0.358. The molecule has 2 aromatic rings. The SMILES string of the molecule is CCc1ccccc1Oc1ccc(Cl)nn1. The third-order valence-corrected chi connectivity index (χ3v) is 2.38. The summed E-state index contributed by atoms with van der Waals surface area (Å²) in [5, 5.41) is 7.92. The first-order valence-corrected chi connectivity index (χ1v) is 5.42. The summed E-state index contributed by atoms with van der Waals surface area (Å²) in [6.07, 6.45) is 0.914. The van der Waals surface area contributed by atoms with E-state index in [1.165, 1.54) is 0 Å². The van der Waals surface area contributed by atoms with Crippen molar-refractivity contribution in [2.45, 2.75) is 13.3 Å². The van der Waals surface area contributed by atoms with Crippen LogP contribution in [0.15, 0.2) is 36.4 Å². The van der Waals surface area contributed by atoms with Gasteiger partial charge in [0.2, 0.25) is 5.88 Å². The lowest BCUT2D eigenvalue weighted by Gasteiger charge is -2.07. The Balaban J connectivity index is 2.23. The van der Waals surface area contributed by atoms with Crippen LogP contribution in [0.4, 0.5) is 0 Å². The van der Waals surface area contributed by atoms with E-state index in [1.807, 2.05) is 24.3 Å². The highest BCUT2D eigenvalue weighted by Crippen LogP contribution is 2.23. The van der Waals surface area contributed by atoms with Crippen LogP contribution in [0.1, 0.15) is 12.5 Å². The van der Waals surface area contributed by atoms with Crippen LogP contribution < -0.4 is 4.74 Å². The standard InChI is InChI=1S/C12H11ClN2O/c1-2-9-5-3-4-6-10(9)16-12-8-7-11(13)14-15-12/h3-8H,2H2,1H3. The van der Waals surface area contributed by atoms with E-state index < -0.39 is 0 Å². The monoisotopic (exact) mass is 234 g/mol. The molecule has 0 aliphatic carbocycles. The van der Waals surface area contributed by atoms with Crippen LogP contribution in [0.5, 0.6) is 11.6 Å². The van der Waals surface area contributed by atoms with E-state index in [0.29, 0.717) is 11.0 Å². The number of hydrogen-bond acceptors (Lipinski definition) is 3. The second kappa shape index (κ2) is 4.94. The number of hydrogen-bond donors (Lipinski definition) is 0. The molecule has 3 nitrogen and oxygen atoms in total. The third-order valence-electron chi connectivity index (χ3n) is 2.18. The first-order chi connectivity index (χ1) is 7.79. The summed E-state index contributed by atoms with van der Waals surface area (Å²) in [6.45, 7) is 2.08. The van der Waals surface area contributed by atoms with Crippen LogP contribution in [-0.2, 0) is 6.42 Å². The van der Waals surface area contributed by atoms with E-state index in [1.54, 1.807) is 12.1 Å². The second-order valence-corrected chi connectivity index (χ2v) is 3.64. The lowest BCUT2D eigenvalue weighted by atomic mass is 10.1. The van der Waals surface area contributed by atoms with Gasteiger partial charge in [0, 0.05) is 6.07 Å². The number of aryl methyl sites for hydroxylation is 1. The van der Waals surface area contributed by atoms with Crippen molar-refractivity contribution < 1.29 is 4.74 Å². The molecule has 1 heterocycles. The van der Waals surface area contributed by atoms with Crippen molar-refractivity contribution in [3.05, 3.63) is 47.1 Å². The number of ether oxygens (including phenoxy) is 1. The molecule has 0 aliphatic heterocycles. The molecule has 0 unspecified atom stereocenters. The molecule has 0 atom stereocenters. The summed E-state index contributed by atoms with van der Waals surface area (Å²) in [6, 6.07) is 11.2. The van der Waals surface area contributed by atoms with Crippen LogP contribution in [0.2, 0.25) is 5.15 Å². The Morgan fingerprint density at radius 2 is 1.94 bits per heavy atom. The van der Waals surface area contributed by atoms with Crippen molar-refractivity contribution in [3.63, 3.8) is 0 Å². The largest absolute Gasteiger partial charge is 0.437 e. The maximum Gasteiger partial charge on any atom is 0.238 e. The van der Waals surface area contributed by atoms with Crippen molar-refractivity contribution in [2.24, 2.45) is 0 Å². The summed E-state index contributed by atoms with van der Waals surface area (Å²) in [5.74, 6) is 1.26. The van der Waals surface area contributed by atoms with E-state index in [4.69, 9.17) is 16.3 Å². The van der Waals surface area contributed by atoms with Gasteiger partial charge in [0.05, 0.1) is 0 Å². The van der Waals surface area contributed by atoms with Gasteiger partial charge in [0.1, 0.15) is 5.75 Å². The fourth-order valence-electron chi connectivity index (χ4n) is 1.37. The molecule has 0 saturated heterocycles. The van der Waals surface area contributed by atoms with Crippen molar-refractivity contribution in [1.29, 1.82) is 0 Å². The first-order valence-electron chi connectivity index (χ1n) is 5.04. The fourth-order valence-corrected chi connectivity index (χ4v) is 1.47. The molecule has 16 heavy (non-hydrogen) atoms. The van der Waals surface area contributed by atoms with Gasteiger partial charge in [0.15, 0.2) is 5.15 Å². The highest BCUT2D eigenvalue weighted by atomic mass is 35.5. The topological polar surface area (TPSA) is 35.0 Å². The van der Waals surface area contributed by atoms with E-state index in [2.05, 4.69) is 17.1 Å². The smallest absolute Gasteiger partial charge is 0.238 e. The van der Waals surface area contributed by atoms with Crippen molar-refractivity contribution in [3.8, 4) is 11.6 Å². The number of rotatable bonds is 3. The Hall–Kier alpha value is -1.61. The van der Waals surface area contributed by atoms with Crippen LogP contribution in [0, 0.1) is 0 Å². The maximum absolute atomic E-state index is 5.64. The molecule has 0 spiro atoms. The summed E-state index contributed by atoms with van der Waals surface area (Å²) >= 11 is 5.64. The van der Waals surface area contributed by atoms with E-state index in [-0.39, 0.29) is 0 Å². The van der Waals surface area contributed by atoms with Gasteiger partial charge in [-0.05, 0) is 24.1 Å². The Morgan fingerprint density at radius 1 is 1.12 bits per heavy atom. The Morgan fingerprint density at radius 3 is 2.62 bits per heavy atom. The highest BCUT2D eigenvalue weighted by molar-refractivity contribution is 6.29. The molecule has 0 N–H and O–H groups in total. The predicted molar refractivity (Wildman–Crippen MR) is 62.9 cm³/mol. The minimum atomic E-state index is 0.358. The number of benzene rings is 1. The van der Waals surface area contributed by atoms with Crippen LogP contribution >= 0.6 is 11.6 Å². The lowest BCUT2D eigenvalue weighted by Crippen LogP contribution is -1.93. The average molecular weight is 235 g/mol. The zero-order chi connectivity index (χ0) is 11.4. The van der Waals surface area contributed by atoms with Gasteiger partial charge in [-0.15, -0.1) is 10.2 Å². The second-order valence-electron chi connectivity index (χ2n) is 3.26. The number of aromatic nitrogens is 2. The fraction of sp³-hybridized carbons (Fsp3) is 0.167. The number of nitrogens with zero attached hydrogens (tertiary/aromatic N) is 2. The predicted octanol–water partition coefficient (Wildman–Crippen LogP) is 3.48. The van der Waals surface area contributed by atoms with Crippen LogP contribution in [-0.4, -0.2) is 10.2 Å². The Kier molecular flexibility index (Phi) is 3.37. The average Bonchev–Trinajstić information content (AvgIpc) is 2.33. The van der Waals surface area contributed by atoms with E-state index >= 15 is 0 Å². The first kappa shape index (κ1) is 10.9. The zero-order valence-electron chi connectivity index (χ0n) is 8.85. The zero-order valence-corrected chi connectivity index (χ0v) is 9.61. The Labute approximate surface area is 99.0 Å². The lowest BCUT2D eigenvalue weighted by molar-refractivity contribution is 0.450. The molecule has 4 heteroatoms. The van der Waals surface area contributed by atoms with Crippen molar-refractivity contribution in [2.75, 3.05) is 0 Å². The summed E-state index contributed by atoms with van der Waals surface area (Å²) in [5.41, 5.74) is 1.14. The minimum Gasteiger partial charge on any atom is -0.437 e. The molecular formula is C12H11ClN2O. The number of halogens is 1. The number of para-hydroxylation sites is 1. The van der Waals surface area contributed by atoms with Gasteiger partial charge < -0.3 is 4.74 Å². The molecule has 0 aliphatic rings. The van der Waals surface area contributed by atoms with Gasteiger partial charge >= 0.3 is 0 Å². The van der Waals surface area contributed by atoms with E-state index in [9.17, 15) is 0 Å². The molecule has 0 amide bonds. The van der Waals surface area contributed by atoms with Crippen molar-refractivity contribution >= 4 is 11.6 Å². The molecule has 0 fully saturated rings. The summed E-state index contributed by atoms with van der Waals surface area (Å²) in [4.78, 5) is 0. The van der Waals surface area contributed by atoms with Crippen molar-refractivity contribution in [1.82, 2.24) is 10.2 Å². The van der Waals surface area contributed by atoms with Gasteiger partial charge in [-0.2, -0.15) is 0 Å². The van der Waals surface area contributed by atoms with E-state index in [0.717, 1.165) is 17.7 Å². The quantitative estimate of drug-likeness (QED) is 0.816. The van der Waals surface area contributed by atoms with Gasteiger partial charge in [-0.1, -0.05) is 36.7 Å². The Bertz CT molecular complexity index is 471. The molecule has 0 saturated carbocycles. The van der Waals surface area contributed by atoms with Crippen LogP contribution in [0.25, 0.3) is 0 Å². The molecule has 0 radical (unpaired) electrons. The molecule has 2 rings (SSSR count). The van der Waals surface area contributed by atoms with Gasteiger partial charge in [-0.3, -0.25) is 0 Å². The molecule has 0 bridgehead atoms. The molecule has 1 aromatic heterocycles. The molecule has 82 valence electrons. The molecule has 1 aromatic carbocycles. The highest BCUT2D eigenvalue weighted by Gasteiger charge is 2.03. The summed E-state index contributed by atoms with van der Waals surface area (Å²) in [7, 11) is 0. The van der Waals surface area contributed by atoms with Gasteiger partial charge in [0.25, 0.3) is 0 Å². The molecular weight excluding hydrogens is 224 g/mol. The van der Waals surface area contributed by atoms with Gasteiger partial charge in [-0.25, -0.2) is 0 Å².